The fraction of sp³-hybridized carbons (Fsp3) is 0.222. The molecule has 0 aliphatic heterocycles. The number of fused-ring (bicyclic) bond motifs is 1. The van der Waals surface area contributed by atoms with Crippen molar-refractivity contribution in [1.82, 2.24) is 14.9 Å². The van der Waals surface area contributed by atoms with E-state index in [9.17, 15) is 14.0 Å². The fourth-order valence-corrected chi connectivity index (χ4v) is 4.81. The van der Waals surface area contributed by atoms with Crippen molar-refractivity contribution in [3.63, 3.8) is 0 Å². The molecular formula is C27H26FN3O2S. The van der Waals surface area contributed by atoms with E-state index in [1.54, 1.807) is 41.0 Å². The third-order valence-corrected chi connectivity index (χ3v) is 6.40. The maximum absolute atomic E-state index is 14.3. The lowest BCUT2D eigenvalue weighted by Gasteiger charge is -2.15. The van der Waals surface area contributed by atoms with Gasteiger partial charge in [0.05, 0.1) is 16.6 Å². The van der Waals surface area contributed by atoms with Crippen LogP contribution in [-0.2, 0) is 5.75 Å². The van der Waals surface area contributed by atoms with Crippen molar-refractivity contribution in [2.75, 3.05) is 6.54 Å². The highest BCUT2D eigenvalue weighted by Crippen LogP contribution is 2.27. The van der Waals surface area contributed by atoms with Crippen molar-refractivity contribution in [1.29, 1.82) is 0 Å². The Kier molecular flexibility index (Phi) is 7.12. The Labute approximate surface area is 202 Å². The lowest BCUT2D eigenvalue weighted by molar-refractivity contribution is 0.0953. The summed E-state index contributed by atoms with van der Waals surface area (Å²) >= 11 is 1.29. The molecule has 0 aliphatic rings. The predicted molar refractivity (Wildman–Crippen MR) is 135 cm³/mol. The predicted octanol–water partition coefficient (Wildman–Crippen LogP) is 5.57. The van der Waals surface area contributed by atoms with Gasteiger partial charge in [-0.25, -0.2) is 9.37 Å². The van der Waals surface area contributed by atoms with Crippen LogP contribution in [0.3, 0.4) is 0 Å². The summed E-state index contributed by atoms with van der Waals surface area (Å²) in [5.41, 5.74) is 3.93. The van der Waals surface area contributed by atoms with Gasteiger partial charge in [0, 0.05) is 17.9 Å². The van der Waals surface area contributed by atoms with Crippen molar-refractivity contribution in [3.8, 4) is 5.69 Å². The summed E-state index contributed by atoms with van der Waals surface area (Å²) < 4.78 is 15.8. The van der Waals surface area contributed by atoms with E-state index in [0.29, 0.717) is 45.2 Å². The Morgan fingerprint density at radius 2 is 1.79 bits per heavy atom. The van der Waals surface area contributed by atoms with Gasteiger partial charge in [-0.15, -0.1) is 0 Å². The molecule has 0 spiro atoms. The van der Waals surface area contributed by atoms with Crippen LogP contribution in [-0.4, -0.2) is 22.0 Å². The van der Waals surface area contributed by atoms with Crippen molar-refractivity contribution < 1.29 is 9.18 Å². The molecule has 1 aromatic heterocycles. The Balaban J connectivity index is 1.86. The number of nitrogens with one attached hydrogen (secondary N) is 1. The lowest BCUT2D eigenvalue weighted by Crippen LogP contribution is -2.25. The second kappa shape index (κ2) is 10.2. The van der Waals surface area contributed by atoms with Gasteiger partial charge in [0.15, 0.2) is 5.16 Å². The standard InChI is InChI=1S/C27H26FN3O2S/c1-4-11-29-25(32)19-9-10-22-24(15-19)30-27(34-16-20-7-5-6-8-23(20)28)31(26(22)33)21-13-17(2)12-18(3)14-21/h5-10,12-15H,4,11,16H2,1-3H3,(H,29,32). The number of benzene rings is 3. The first-order valence-corrected chi connectivity index (χ1v) is 12.2. The third kappa shape index (κ3) is 5.04. The molecule has 3 aromatic carbocycles. The molecule has 34 heavy (non-hydrogen) atoms. The van der Waals surface area contributed by atoms with Crippen LogP contribution in [0.5, 0.6) is 0 Å². The number of hydrogen-bond donors (Lipinski definition) is 1. The topological polar surface area (TPSA) is 64.0 Å². The molecule has 0 fully saturated rings. The number of halogens is 1. The number of nitrogens with zero attached hydrogens (tertiary/aromatic N) is 2. The second-order valence-corrected chi connectivity index (χ2v) is 9.19. The number of aryl methyl sites for hydroxylation is 2. The summed E-state index contributed by atoms with van der Waals surface area (Å²) in [5.74, 6) is -0.193. The Morgan fingerprint density at radius 1 is 1.06 bits per heavy atom. The molecule has 0 bridgehead atoms. The first-order chi connectivity index (χ1) is 16.4. The van der Waals surface area contributed by atoms with Crippen LogP contribution >= 0.6 is 11.8 Å². The van der Waals surface area contributed by atoms with E-state index in [1.807, 2.05) is 39.0 Å². The average molecular weight is 476 g/mol. The molecule has 0 aliphatic carbocycles. The van der Waals surface area contributed by atoms with Crippen LogP contribution in [0.4, 0.5) is 4.39 Å². The summed E-state index contributed by atoms with van der Waals surface area (Å²) in [7, 11) is 0. The molecule has 174 valence electrons. The van der Waals surface area contributed by atoms with Gasteiger partial charge in [-0.1, -0.05) is 43.0 Å². The molecule has 4 aromatic rings. The Morgan fingerprint density at radius 3 is 2.50 bits per heavy atom. The van der Waals surface area contributed by atoms with E-state index < -0.39 is 0 Å². The summed E-state index contributed by atoms with van der Waals surface area (Å²) in [6, 6.07) is 17.4. The number of carbonyl (C=O) groups excluding carboxylic acids is 1. The summed E-state index contributed by atoms with van der Waals surface area (Å²) in [6.45, 7) is 6.51. The van der Waals surface area contributed by atoms with E-state index in [-0.39, 0.29) is 17.3 Å². The zero-order valence-corrected chi connectivity index (χ0v) is 20.2. The van der Waals surface area contributed by atoms with Gasteiger partial charge in [-0.3, -0.25) is 14.2 Å². The maximum atomic E-state index is 14.3. The van der Waals surface area contributed by atoms with Crippen molar-refractivity contribution in [2.24, 2.45) is 0 Å². The first kappa shape index (κ1) is 23.7. The summed E-state index contributed by atoms with van der Waals surface area (Å²) in [5, 5.41) is 3.71. The van der Waals surface area contributed by atoms with Gasteiger partial charge in [-0.05, 0) is 73.4 Å². The molecule has 0 saturated carbocycles. The van der Waals surface area contributed by atoms with Crippen LogP contribution in [0, 0.1) is 19.7 Å². The quantitative estimate of drug-likeness (QED) is 0.280. The van der Waals surface area contributed by atoms with E-state index in [4.69, 9.17) is 4.98 Å². The largest absolute Gasteiger partial charge is 0.352 e. The molecule has 4 rings (SSSR count). The summed E-state index contributed by atoms with van der Waals surface area (Å²) in [4.78, 5) is 30.9. The van der Waals surface area contributed by atoms with Gasteiger partial charge in [0.25, 0.3) is 11.5 Å². The van der Waals surface area contributed by atoms with Gasteiger partial charge >= 0.3 is 0 Å². The van der Waals surface area contributed by atoms with E-state index in [1.165, 1.54) is 17.8 Å². The van der Waals surface area contributed by atoms with Crippen LogP contribution in [0.2, 0.25) is 0 Å². The third-order valence-electron chi connectivity index (χ3n) is 5.42. The normalized spacial score (nSPS) is 11.1. The average Bonchev–Trinajstić information content (AvgIpc) is 2.81. The second-order valence-electron chi connectivity index (χ2n) is 8.25. The minimum absolute atomic E-state index is 0.204. The first-order valence-electron chi connectivity index (χ1n) is 11.2. The number of carbonyl (C=O) groups is 1. The monoisotopic (exact) mass is 475 g/mol. The number of thioether (sulfide) groups is 1. The molecule has 0 unspecified atom stereocenters. The molecule has 0 atom stereocenters. The van der Waals surface area contributed by atoms with Gasteiger partial charge in [0.1, 0.15) is 5.82 Å². The highest BCUT2D eigenvalue weighted by atomic mass is 32.2. The smallest absolute Gasteiger partial charge is 0.266 e. The molecule has 7 heteroatoms. The molecule has 1 heterocycles. The zero-order chi connectivity index (χ0) is 24.2. The van der Waals surface area contributed by atoms with Crippen LogP contribution in [0.1, 0.15) is 40.4 Å². The van der Waals surface area contributed by atoms with Crippen LogP contribution < -0.4 is 10.9 Å². The summed E-state index contributed by atoms with van der Waals surface area (Å²) in [6.07, 6.45) is 0.828. The van der Waals surface area contributed by atoms with E-state index in [2.05, 4.69) is 5.32 Å². The van der Waals surface area contributed by atoms with E-state index >= 15 is 0 Å². The number of hydrogen-bond acceptors (Lipinski definition) is 4. The fourth-order valence-electron chi connectivity index (χ4n) is 3.81. The molecule has 1 N–H and O–H groups in total. The van der Waals surface area contributed by atoms with Crippen molar-refractivity contribution in [3.05, 3.63) is 99.1 Å². The SMILES string of the molecule is CCCNC(=O)c1ccc2c(=O)n(-c3cc(C)cc(C)c3)c(SCc3ccccc3F)nc2c1. The Hall–Kier alpha value is -3.45. The van der Waals surface area contributed by atoms with Crippen LogP contribution in [0.15, 0.2) is 70.6 Å². The van der Waals surface area contributed by atoms with E-state index in [0.717, 1.165) is 17.5 Å². The van der Waals surface area contributed by atoms with Crippen molar-refractivity contribution >= 4 is 28.6 Å². The number of rotatable bonds is 7. The maximum Gasteiger partial charge on any atom is 0.266 e. The highest BCUT2D eigenvalue weighted by molar-refractivity contribution is 7.98. The minimum Gasteiger partial charge on any atom is -0.352 e. The zero-order valence-electron chi connectivity index (χ0n) is 19.4. The highest BCUT2D eigenvalue weighted by Gasteiger charge is 2.16. The Bertz CT molecular complexity index is 1410. The molecule has 5 nitrogen and oxygen atoms in total. The molecule has 0 radical (unpaired) electrons. The van der Waals surface area contributed by atoms with Gasteiger partial charge in [-0.2, -0.15) is 0 Å². The van der Waals surface area contributed by atoms with Crippen molar-refractivity contribution in [2.45, 2.75) is 38.1 Å². The molecule has 0 saturated heterocycles. The van der Waals surface area contributed by atoms with Gasteiger partial charge in [0.2, 0.25) is 0 Å². The van der Waals surface area contributed by atoms with Crippen LogP contribution in [0.25, 0.3) is 16.6 Å². The number of amides is 1. The molecular weight excluding hydrogens is 449 g/mol. The lowest BCUT2D eigenvalue weighted by atomic mass is 10.1. The number of aromatic nitrogens is 2. The molecule has 1 amide bonds. The van der Waals surface area contributed by atoms with Gasteiger partial charge < -0.3 is 5.32 Å². The minimum atomic E-state index is -0.300.